The van der Waals surface area contributed by atoms with Gasteiger partial charge in [-0.3, -0.25) is 4.79 Å². The number of aromatic nitrogens is 1. The molecule has 3 nitrogen and oxygen atoms in total. The number of rotatable bonds is 2. The van der Waals surface area contributed by atoms with Crippen molar-refractivity contribution in [2.24, 2.45) is 0 Å². The molecule has 0 aromatic carbocycles. The van der Waals surface area contributed by atoms with Crippen LogP contribution in [0.3, 0.4) is 0 Å². The highest BCUT2D eigenvalue weighted by Gasteiger charge is 2.14. The van der Waals surface area contributed by atoms with Crippen LogP contribution in [0.15, 0.2) is 23.1 Å². The molecule has 0 amide bonds. The monoisotopic (exact) mass is 319 g/mol. The minimum Gasteiger partial charge on any atom is -0.376 e. The van der Waals surface area contributed by atoms with E-state index in [4.69, 9.17) is 4.74 Å². The Kier molecular flexibility index (Phi) is 3.80. The van der Waals surface area contributed by atoms with Crippen LogP contribution in [0, 0.1) is 3.57 Å². The van der Waals surface area contributed by atoms with Gasteiger partial charge in [-0.2, -0.15) is 0 Å². The highest BCUT2D eigenvalue weighted by atomic mass is 127. The number of nitrogens with zero attached hydrogens (tertiary/aromatic N) is 1. The van der Waals surface area contributed by atoms with Gasteiger partial charge in [-0.15, -0.1) is 0 Å². The molecule has 0 spiro atoms. The predicted octanol–water partition coefficient (Wildman–Crippen LogP) is 2.02. The van der Waals surface area contributed by atoms with Crippen LogP contribution in [0.2, 0.25) is 0 Å². The van der Waals surface area contributed by atoms with E-state index < -0.39 is 0 Å². The lowest BCUT2D eigenvalue weighted by Gasteiger charge is -2.23. The first kappa shape index (κ1) is 11.1. The van der Waals surface area contributed by atoms with Gasteiger partial charge in [0, 0.05) is 12.8 Å². The van der Waals surface area contributed by atoms with Gasteiger partial charge in [0.2, 0.25) is 0 Å². The summed E-state index contributed by atoms with van der Waals surface area (Å²) in [6.45, 7) is 1.53. The zero-order valence-electron chi connectivity index (χ0n) is 8.49. The molecule has 1 saturated heterocycles. The van der Waals surface area contributed by atoms with E-state index in [9.17, 15) is 4.79 Å². The van der Waals surface area contributed by atoms with Gasteiger partial charge < -0.3 is 9.30 Å². The molecule has 1 fully saturated rings. The highest BCUT2D eigenvalue weighted by molar-refractivity contribution is 14.1. The smallest absolute Gasteiger partial charge is 0.264 e. The fourth-order valence-electron chi connectivity index (χ4n) is 1.82. The Morgan fingerprint density at radius 3 is 3.13 bits per heavy atom. The van der Waals surface area contributed by atoms with Gasteiger partial charge >= 0.3 is 0 Å². The maximum absolute atomic E-state index is 11.7. The van der Waals surface area contributed by atoms with Gasteiger partial charge in [-0.25, -0.2) is 0 Å². The van der Waals surface area contributed by atoms with Crippen molar-refractivity contribution in [3.8, 4) is 0 Å². The molecule has 1 aromatic heterocycles. The number of ether oxygens (including phenoxy) is 1. The van der Waals surface area contributed by atoms with E-state index in [1.807, 2.05) is 18.3 Å². The zero-order valence-corrected chi connectivity index (χ0v) is 10.6. The summed E-state index contributed by atoms with van der Waals surface area (Å²) in [5.41, 5.74) is 0.0901. The molecule has 82 valence electrons. The van der Waals surface area contributed by atoms with Crippen molar-refractivity contribution in [1.82, 2.24) is 4.57 Å². The molecule has 1 aliphatic rings. The molecule has 1 atom stereocenters. The lowest BCUT2D eigenvalue weighted by Crippen LogP contribution is -2.31. The van der Waals surface area contributed by atoms with Crippen molar-refractivity contribution in [2.75, 3.05) is 6.61 Å². The van der Waals surface area contributed by atoms with E-state index in [-0.39, 0.29) is 11.7 Å². The molecule has 4 heteroatoms. The summed E-state index contributed by atoms with van der Waals surface area (Å²) < 4.78 is 8.13. The number of hydrogen-bond donors (Lipinski definition) is 0. The standard InChI is InChI=1S/C11H14INO2/c12-10-5-3-6-13(11(10)14)8-9-4-1-2-7-15-9/h3,5-6,9H,1-2,4,7-8H2. The fourth-order valence-corrected chi connectivity index (χ4v) is 2.34. The van der Waals surface area contributed by atoms with Gasteiger partial charge in [0.05, 0.1) is 16.2 Å². The first-order chi connectivity index (χ1) is 7.27. The van der Waals surface area contributed by atoms with Crippen molar-refractivity contribution in [1.29, 1.82) is 0 Å². The maximum atomic E-state index is 11.7. The molecule has 1 aromatic rings. The first-order valence-corrected chi connectivity index (χ1v) is 6.32. The molecule has 2 heterocycles. The number of pyridine rings is 1. The quantitative estimate of drug-likeness (QED) is 0.781. The van der Waals surface area contributed by atoms with Crippen LogP contribution < -0.4 is 5.56 Å². The topological polar surface area (TPSA) is 31.2 Å². The third-order valence-electron chi connectivity index (χ3n) is 2.65. The van der Waals surface area contributed by atoms with Crippen molar-refractivity contribution in [2.45, 2.75) is 31.9 Å². The maximum Gasteiger partial charge on any atom is 0.264 e. The number of halogens is 1. The summed E-state index contributed by atoms with van der Waals surface area (Å²) in [5, 5.41) is 0. The summed E-state index contributed by atoms with van der Waals surface area (Å²) in [7, 11) is 0. The lowest BCUT2D eigenvalue weighted by atomic mass is 10.1. The average molecular weight is 319 g/mol. The Balaban J connectivity index is 2.09. The summed E-state index contributed by atoms with van der Waals surface area (Å²) in [6.07, 6.45) is 5.48. The summed E-state index contributed by atoms with van der Waals surface area (Å²) in [4.78, 5) is 11.7. The van der Waals surface area contributed by atoms with E-state index in [0.717, 1.165) is 23.0 Å². The molecule has 2 rings (SSSR count). The molecule has 1 aliphatic heterocycles. The number of hydrogen-bond acceptors (Lipinski definition) is 2. The van der Waals surface area contributed by atoms with Crippen molar-refractivity contribution >= 4 is 22.6 Å². The van der Waals surface area contributed by atoms with E-state index >= 15 is 0 Å². The van der Waals surface area contributed by atoms with Crippen LogP contribution in [0.1, 0.15) is 19.3 Å². The van der Waals surface area contributed by atoms with Crippen LogP contribution in [0.5, 0.6) is 0 Å². The van der Waals surface area contributed by atoms with Gasteiger partial charge in [-0.05, 0) is 54.0 Å². The lowest BCUT2D eigenvalue weighted by molar-refractivity contribution is 0.00539. The summed E-state index contributed by atoms with van der Waals surface area (Å²) in [5.74, 6) is 0. The Bertz CT molecular complexity index is 382. The third kappa shape index (κ3) is 2.81. The second-order valence-corrected chi connectivity index (χ2v) is 4.96. The van der Waals surface area contributed by atoms with Crippen molar-refractivity contribution < 1.29 is 4.74 Å². The van der Waals surface area contributed by atoms with Gasteiger partial charge in [-0.1, -0.05) is 0 Å². The Morgan fingerprint density at radius 2 is 2.40 bits per heavy atom. The third-order valence-corrected chi connectivity index (χ3v) is 3.47. The second-order valence-electron chi connectivity index (χ2n) is 3.80. The van der Waals surface area contributed by atoms with E-state index in [1.165, 1.54) is 6.42 Å². The van der Waals surface area contributed by atoms with Crippen molar-refractivity contribution in [3.63, 3.8) is 0 Å². The Morgan fingerprint density at radius 1 is 1.53 bits per heavy atom. The van der Waals surface area contributed by atoms with Crippen LogP contribution in [-0.4, -0.2) is 17.3 Å². The summed E-state index contributed by atoms with van der Waals surface area (Å²) in [6, 6.07) is 3.74. The molecular weight excluding hydrogens is 305 g/mol. The second kappa shape index (κ2) is 5.12. The Hall–Kier alpha value is -0.360. The van der Waals surface area contributed by atoms with Gasteiger partial charge in [0.25, 0.3) is 5.56 Å². The minimum absolute atomic E-state index is 0.0901. The van der Waals surface area contributed by atoms with Crippen LogP contribution in [-0.2, 0) is 11.3 Å². The molecular formula is C11H14INO2. The molecule has 0 aliphatic carbocycles. The molecule has 0 N–H and O–H groups in total. The molecule has 15 heavy (non-hydrogen) atoms. The van der Waals surface area contributed by atoms with E-state index in [1.54, 1.807) is 4.57 Å². The molecule has 1 unspecified atom stereocenters. The molecule has 0 saturated carbocycles. The van der Waals surface area contributed by atoms with Crippen LogP contribution >= 0.6 is 22.6 Å². The van der Waals surface area contributed by atoms with E-state index in [0.29, 0.717) is 6.54 Å². The van der Waals surface area contributed by atoms with Gasteiger partial charge in [0.1, 0.15) is 0 Å². The van der Waals surface area contributed by atoms with Crippen LogP contribution in [0.25, 0.3) is 0 Å². The first-order valence-electron chi connectivity index (χ1n) is 5.24. The predicted molar refractivity (Wildman–Crippen MR) is 67.0 cm³/mol. The average Bonchev–Trinajstić information content (AvgIpc) is 2.26. The van der Waals surface area contributed by atoms with Gasteiger partial charge in [0.15, 0.2) is 0 Å². The zero-order chi connectivity index (χ0) is 10.7. The van der Waals surface area contributed by atoms with Crippen LogP contribution in [0.4, 0.5) is 0 Å². The van der Waals surface area contributed by atoms with E-state index in [2.05, 4.69) is 22.6 Å². The minimum atomic E-state index is 0.0901. The highest BCUT2D eigenvalue weighted by Crippen LogP contribution is 2.13. The summed E-state index contributed by atoms with van der Waals surface area (Å²) >= 11 is 2.07. The molecule has 0 radical (unpaired) electrons. The Labute approximate surface area is 103 Å². The SMILES string of the molecule is O=c1c(I)cccn1CC1CCCCO1. The largest absolute Gasteiger partial charge is 0.376 e. The fraction of sp³-hybridized carbons (Fsp3) is 0.545. The van der Waals surface area contributed by atoms with Crippen molar-refractivity contribution in [3.05, 3.63) is 32.3 Å². The normalized spacial score (nSPS) is 21.5. The molecule has 0 bridgehead atoms.